The largest absolute Gasteiger partial charge is 0.444 e. The van der Waals surface area contributed by atoms with Crippen molar-refractivity contribution in [1.82, 2.24) is 4.90 Å². The van der Waals surface area contributed by atoms with Crippen LogP contribution in [0, 0.1) is 5.92 Å². The zero-order valence-electron chi connectivity index (χ0n) is 13.0. The van der Waals surface area contributed by atoms with Gasteiger partial charge in [0.25, 0.3) is 0 Å². The van der Waals surface area contributed by atoms with E-state index in [2.05, 4.69) is 0 Å². The van der Waals surface area contributed by atoms with Crippen molar-refractivity contribution in [2.24, 2.45) is 5.92 Å². The maximum Gasteiger partial charge on any atom is 0.410 e. The highest BCUT2D eigenvalue weighted by Gasteiger charge is 2.33. The Labute approximate surface area is 126 Å². The molecule has 0 N–H and O–H groups in total. The summed E-state index contributed by atoms with van der Waals surface area (Å²) in [7, 11) is 0. The van der Waals surface area contributed by atoms with E-state index in [1.54, 1.807) is 0 Å². The normalized spacial score (nSPS) is 23.0. The zero-order chi connectivity index (χ0) is 15.5. The minimum atomic E-state index is -0.994. The van der Waals surface area contributed by atoms with Crippen molar-refractivity contribution in [3.8, 4) is 0 Å². The van der Waals surface area contributed by atoms with Crippen LogP contribution in [0.25, 0.3) is 0 Å². The van der Waals surface area contributed by atoms with E-state index in [0.717, 1.165) is 12.0 Å². The molecule has 1 saturated heterocycles. The second-order valence-electron chi connectivity index (χ2n) is 6.68. The molecule has 1 aromatic rings. The van der Waals surface area contributed by atoms with E-state index >= 15 is 0 Å². The van der Waals surface area contributed by atoms with Gasteiger partial charge < -0.3 is 9.64 Å². The minimum Gasteiger partial charge on any atom is -0.444 e. The standard InChI is InChI=1S/C17H24FNO2/c1-17(2,3)21-16(20)19-10-9-14(15(18)12-19)11-13-7-5-4-6-8-13/h4-8,14-15H,9-12H2,1-3H3/t14-,15-/m1/s1. The summed E-state index contributed by atoms with van der Waals surface area (Å²) in [6.45, 7) is 6.15. The Kier molecular flexibility index (Phi) is 4.86. The first-order valence-corrected chi connectivity index (χ1v) is 7.51. The fourth-order valence-electron chi connectivity index (χ4n) is 2.59. The molecule has 1 aromatic carbocycles. The number of rotatable bonds is 2. The molecule has 116 valence electrons. The molecule has 4 heteroatoms. The highest BCUT2D eigenvalue weighted by molar-refractivity contribution is 5.68. The van der Waals surface area contributed by atoms with Gasteiger partial charge in [0.1, 0.15) is 11.8 Å². The van der Waals surface area contributed by atoms with Gasteiger partial charge in [-0.2, -0.15) is 0 Å². The number of likely N-dealkylation sites (tertiary alicyclic amines) is 1. The molecule has 1 heterocycles. The quantitative estimate of drug-likeness (QED) is 0.829. The van der Waals surface area contributed by atoms with Gasteiger partial charge >= 0.3 is 6.09 Å². The first-order valence-electron chi connectivity index (χ1n) is 7.51. The molecule has 0 aromatic heterocycles. The predicted molar refractivity (Wildman–Crippen MR) is 81.0 cm³/mol. The van der Waals surface area contributed by atoms with Crippen molar-refractivity contribution in [3.63, 3.8) is 0 Å². The van der Waals surface area contributed by atoms with Crippen LogP contribution in [0.4, 0.5) is 9.18 Å². The summed E-state index contributed by atoms with van der Waals surface area (Å²) in [4.78, 5) is 13.4. The molecule has 3 nitrogen and oxygen atoms in total. The van der Waals surface area contributed by atoms with Gasteiger partial charge in [-0.25, -0.2) is 9.18 Å². The Morgan fingerprint density at radius 3 is 2.57 bits per heavy atom. The maximum absolute atomic E-state index is 14.3. The monoisotopic (exact) mass is 293 g/mol. The number of benzene rings is 1. The molecule has 0 aliphatic carbocycles. The second kappa shape index (κ2) is 6.46. The number of hydrogen-bond acceptors (Lipinski definition) is 2. The summed E-state index contributed by atoms with van der Waals surface area (Å²) < 4.78 is 19.6. The topological polar surface area (TPSA) is 29.5 Å². The number of piperidine rings is 1. The highest BCUT2D eigenvalue weighted by Crippen LogP contribution is 2.25. The highest BCUT2D eigenvalue weighted by atomic mass is 19.1. The van der Waals surface area contributed by atoms with E-state index in [0.29, 0.717) is 13.0 Å². The van der Waals surface area contributed by atoms with E-state index in [-0.39, 0.29) is 12.5 Å². The first-order chi connectivity index (χ1) is 9.85. The van der Waals surface area contributed by atoms with Crippen LogP contribution in [0.3, 0.4) is 0 Å². The van der Waals surface area contributed by atoms with Crippen LogP contribution in [0.5, 0.6) is 0 Å². The summed E-state index contributed by atoms with van der Waals surface area (Å²) in [6, 6.07) is 9.94. The molecular formula is C17H24FNO2. The third-order valence-corrected chi connectivity index (χ3v) is 3.67. The molecule has 21 heavy (non-hydrogen) atoms. The molecule has 1 amide bonds. The van der Waals surface area contributed by atoms with Gasteiger partial charge in [0.05, 0.1) is 6.54 Å². The van der Waals surface area contributed by atoms with Crippen LogP contribution < -0.4 is 0 Å². The number of ether oxygens (including phenoxy) is 1. The lowest BCUT2D eigenvalue weighted by molar-refractivity contribution is 0.00552. The fourth-order valence-corrected chi connectivity index (χ4v) is 2.59. The number of amides is 1. The molecule has 1 aliphatic rings. The molecule has 1 fully saturated rings. The van der Waals surface area contributed by atoms with Crippen LogP contribution in [0.15, 0.2) is 30.3 Å². The molecule has 2 rings (SSSR count). The second-order valence-corrected chi connectivity index (χ2v) is 6.68. The zero-order valence-corrected chi connectivity index (χ0v) is 13.0. The van der Waals surface area contributed by atoms with Crippen molar-refractivity contribution in [3.05, 3.63) is 35.9 Å². The SMILES string of the molecule is CC(C)(C)OC(=O)N1CC[C@H](Cc2ccccc2)[C@H](F)C1. The number of nitrogens with zero attached hydrogens (tertiary/aromatic N) is 1. The predicted octanol–water partition coefficient (Wildman–Crippen LogP) is 3.82. The first kappa shape index (κ1) is 15.8. The van der Waals surface area contributed by atoms with Gasteiger partial charge in [-0.15, -0.1) is 0 Å². The molecule has 0 spiro atoms. The summed E-state index contributed by atoms with van der Waals surface area (Å²) in [5.74, 6) is -0.0221. The number of carbonyl (C=O) groups excluding carboxylic acids is 1. The molecule has 0 saturated carbocycles. The number of halogens is 1. The van der Waals surface area contributed by atoms with Crippen LogP contribution in [-0.4, -0.2) is 35.9 Å². The van der Waals surface area contributed by atoms with Crippen LogP contribution in [0.1, 0.15) is 32.8 Å². The van der Waals surface area contributed by atoms with Crippen LogP contribution >= 0.6 is 0 Å². The van der Waals surface area contributed by atoms with E-state index in [9.17, 15) is 9.18 Å². The van der Waals surface area contributed by atoms with E-state index in [4.69, 9.17) is 4.74 Å². The van der Waals surface area contributed by atoms with Gasteiger partial charge in [-0.1, -0.05) is 30.3 Å². The molecule has 2 atom stereocenters. The number of carbonyl (C=O) groups is 1. The van der Waals surface area contributed by atoms with Gasteiger partial charge in [0.2, 0.25) is 0 Å². The van der Waals surface area contributed by atoms with Crippen molar-refractivity contribution in [1.29, 1.82) is 0 Å². The summed E-state index contributed by atoms with van der Waals surface area (Å²) >= 11 is 0. The molecule has 1 aliphatic heterocycles. The molecule has 0 bridgehead atoms. The Morgan fingerprint density at radius 1 is 1.33 bits per heavy atom. The third-order valence-electron chi connectivity index (χ3n) is 3.67. The van der Waals surface area contributed by atoms with Crippen LogP contribution in [0.2, 0.25) is 0 Å². The van der Waals surface area contributed by atoms with Gasteiger partial charge in [0, 0.05) is 6.54 Å². The Morgan fingerprint density at radius 2 is 2.00 bits per heavy atom. The van der Waals surface area contributed by atoms with E-state index in [1.807, 2.05) is 51.1 Å². The Bertz CT molecular complexity index is 469. The lowest BCUT2D eigenvalue weighted by Crippen LogP contribution is -2.47. The van der Waals surface area contributed by atoms with Crippen LogP contribution in [-0.2, 0) is 11.2 Å². The van der Waals surface area contributed by atoms with Crippen molar-refractivity contribution < 1.29 is 13.9 Å². The van der Waals surface area contributed by atoms with E-state index < -0.39 is 17.9 Å². The fraction of sp³-hybridized carbons (Fsp3) is 0.588. The van der Waals surface area contributed by atoms with Crippen molar-refractivity contribution >= 4 is 6.09 Å². The summed E-state index contributed by atoms with van der Waals surface area (Å²) in [5.41, 5.74) is 0.611. The van der Waals surface area contributed by atoms with Crippen molar-refractivity contribution in [2.45, 2.75) is 45.4 Å². The maximum atomic E-state index is 14.3. The van der Waals surface area contributed by atoms with Gasteiger partial charge in [-0.3, -0.25) is 0 Å². The average Bonchev–Trinajstić information content (AvgIpc) is 2.40. The van der Waals surface area contributed by atoms with Gasteiger partial charge in [-0.05, 0) is 45.1 Å². The van der Waals surface area contributed by atoms with Crippen molar-refractivity contribution in [2.75, 3.05) is 13.1 Å². The minimum absolute atomic E-state index is 0.0221. The number of alkyl halides is 1. The van der Waals surface area contributed by atoms with E-state index in [1.165, 1.54) is 4.90 Å². The van der Waals surface area contributed by atoms with Gasteiger partial charge in [0.15, 0.2) is 0 Å². The third kappa shape index (κ3) is 4.73. The summed E-state index contributed by atoms with van der Waals surface area (Å²) in [5, 5.41) is 0. The molecule has 0 radical (unpaired) electrons. The molecule has 0 unspecified atom stereocenters. The summed E-state index contributed by atoms with van der Waals surface area (Å²) in [6.07, 6.45) is -0.00536. The lowest BCUT2D eigenvalue weighted by Gasteiger charge is -2.35. The average molecular weight is 293 g/mol. The lowest BCUT2D eigenvalue weighted by atomic mass is 9.89. The molecular weight excluding hydrogens is 269 g/mol. The Hall–Kier alpha value is -1.58. The number of hydrogen-bond donors (Lipinski definition) is 0. The Balaban J connectivity index is 1.89. The smallest absolute Gasteiger partial charge is 0.410 e.